The van der Waals surface area contributed by atoms with Crippen molar-refractivity contribution in [2.75, 3.05) is 6.61 Å². The van der Waals surface area contributed by atoms with E-state index in [0.29, 0.717) is 24.5 Å². The molecule has 0 aromatic heterocycles. The van der Waals surface area contributed by atoms with Gasteiger partial charge in [-0.25, -0.2) is 0 Å². The number of rotatable bonds is 5. The van der Waals surface area contributed by atoms with Crippen LogP contribution in [0.5, 0.6) is 0 Å². The first-order valence-corrected chi connectivity index (χ1v) is 7.05. The van der Waals surface area contributed by atoms with E-state index in [1.807, 2.05) is 6.92 Å². The van der Waals surface area contributed by atoms with Gasteiger partial charge in [0.1, 0.15) is 6.61 Å². The van der Waals surface area contributed by atoms with Crippen molar-refractivity contribution in [1.82, 2.24) is 0 Å². The Hall–Kier alpha value is -0.370. The summed E-state index contributed by atoms with van der Waals surface area (Å²) in [6.45, 7) is 9.48. The number of ether oxygens (including phenoxy) is 1. The Bertz CT molecular complexity index is 308. The van der Waals surface area contributed by atoms with E-state index in [4.69, 9.17) is 4.74 Å². The molecule has 0 aliphatic heterocycles. The fourth-order valence-corrected chi connectivity index (χ4v) is 3.93. The highest BCUT2D eigenvalue weighted by Gasteiger charge is 2.61. The first-order valence-electron chi connectivity index (χ1n) is 7.05. The molecule has 0 heterocycles. The van der Waals surface area contributed by atoms with Gasteiger partial charge in [-0.1, -0.05) is 27.7 Å². The van der Waals surface area contributed by atoms with Gasteiger partial charge >= 0.3 is 0 Å². The van der Waals surface area contributed by atoms with E-state index < -0.39 is 0 Å². The summed E-state index contributed by atoms with van der Waals surface area (Å²) < 4.78 is 5.94. The quantitative estimate of drug-likeness (QED) is 0.731. The lowest BCUT2D eigenvalue weighted by Crippen LogP contribution is -2.38. The third kappa shape index (κ3) is 1.95. The normalized spacial score (nSPS) is 38.6. The third-order valence-electron chi connectivity index (χ3n) is 5.69. The molecule has 2 fully saturated rings. The second-order valence-corrected chi connectivity index (χ2v) is 6.70. The summed E-state index contributed by atoms with van der Waals surface area (Å²) in [5, 5.41) is 0. The zero-order valence-corrected chi connectivity index (χ0v) is 11.7. The Kier molecular flexibility index (Phi) is 3.37. The summed E-state index contributed by atoms with van der Waals surface area (Å²) in [5.74, 6) is 1.05. The number of carbonyl (C=O) groups is 1. The Morgan fingerprint density at radius 2 is 2.06 bits per heavy atom. The number of ketones is 1. The highest BCUT2D eigenvalue weighted by molar-refractivity contribution is 5.79. The van der Waals surface area contributed by atoms with Crippen molar-refractivity contribution < 1.29 is 9.53 Å². The van der Waals surface area contributed by atoms with Crippen LogP contribution in [0, 0.1) is 16.7 Å². The Balaban J connectivity index is 1.94. The predicted octanol–water partition coefficient (Wildman–Crippen LogP) is 3.59. The minimum Gasteiger partial charge on any atom is -0.370 e. The lowest BCUT2D eigenvalue weighted by atomic mass is 9.70. The molecule has 2 aliphatic rings. The van der Waals surface area contributed by atoms with Gasteiger partial charge in [0, 0.05) is 6.42 Å². The molecule has 2 saturated carbocycles. The molecule has 2 aliphatic carbocycles. The zero-order valence-electron chi connectivity index (χ0n) is 11.7. The van der Waals surface area contributed by atoms with Crippen LogP contribution in [-0.2, 0) is 9.53 Å². The highest BCUT2D eigenvalue weighted by atomic mass is 16.5. The summed E-state index contributed by atoms with van der Waals surface area (Å²) in [5.41, 5.74) is 0.662. The summed E-state index contributed by atoms with van der Waals surface area (Å²) >= 11 is 0. The molecule has 98 valence electrons. The van der Waals surface area contributed by atoms with E-state index in [1.165, 1.54) is 12.8 Å². The average molecular weight is 238 g/mol. The third-order valence-corrected chi connectivity index (χ3v) is 5.69. The molecule has 0 aromatic carbocycles. The molecular formula is C15H26O2. The fraction of sp³-hybridized carbons (Fsp3) is 0.933. The fourth-order valence-electron chi connectivity index (χ4n) is 3.93. The molecule has 0 N–H and O–H groups in total. The maximum atomic E-state index is 11.5. The number of carbonyl (C=O) groups excluding carboxylic acids is 1. The van der Waals surface area contributed by atoms with E-state index in [-0.39, 0.29) is 11.2 Å². The van der Waals surface area contributed by atoms with Gasteiger partial charge in [-0.2, -0.15) is 0 Å². The number of fused-ring (bicyclic) bond motifs is 2. The lowest BCUT2D eigenvalue weighted by Gasteiger charge is -2.38. The van der Waals surface area contributed by atoms with Crippen LogP contribution < -0.4 is 0 Å². The molecule has 17 heavy (non-hydrogen) atoms. The van der Waals surface area contributed by atoms with Gasteiger partial charge in [-0.05, 0) is 42.4 Å². The maximum Gasteiger partial charge on any atom is 0.158 e. The van der Waals surface area contributed by atoms with E-state index in [2.05, 4.69) is 20.8 Å². The van der Waals surface area contributed by atoms with Gasteiger partial charge < -0.3 is 4.74 Å². The van der Waals surface area contributed by atoms with Crippen LogP contribution in [0.15, 0.2) is 0 Å². The Morgan fingerprint density at radius 3 is 2.53 bits per heavy atom. The minimum atomic E-state index is 0.261. The van der Waals surface area contributed by atoms with Crippen LogP contribution in [0.4, 0.5) is 0 Å². The molecule has 2 nitrogen and oxygen atoms in total. The number of Topliss-reactive ketones (excluding diaryl/α,β-unsaturated/α-hetero) is 1. The van der Waals surface area contributed by atoms with Gasteiger partial charge in [0.15, 0.2) is 5.78 Å². The first-order chi connectivity index (χ1) is 7.91. The van der Waals surface area contributed by atoms with Crippen LogP contribution in [-0.4, -0.2) is 18.5 Å². The molecule has 2 bridgehead atoms. The second-order valence-electron chi connectivity index (χ2n) is 6.70. The number of hydrogen-bond acceptors (Lipinski definition) is 2. The van der Waals surface area contributed by atoms with E-state index in [1.54, 1.807) is 0 Å². The van der Waals surface area contributed by atoms with E-state index >= 15 is 0 Å². The van der Waals surface area contributed by atoms with Gasteiger partial charge in [0.2, 0.25) is 0 Å². The molecule has 0 radical (unpaired) electrons. The molecule has 3 atom stereocenters. The van der Waals surface area contributed by atoms with Gasteiger partial charge in [0.05, 0.1) is 6.10 Å². The summed E-state index contributed by atoms with van der Waals surface area (Å²) in [6, 6.07) is 0. The lowest BCUT2D eigenvalue weighted by molar-refractivity contribution is -0.129. The van der Waals surface area contributed by atoms with E-state index in [0.717, 1.165) is 18.8 Å². The number of hydrogen-bond donors (Lipinski definition) is 0. The molecular weight excluding hydrogens is 212 g/mol. The molecule has 2 rings (SSSR count). The highest BCUT2D eigenvalue weighted by Crippen LogP contribution is 2.66. The molecule has 0 spiro atoms. The molecule has 0 aromatic rings. The maximum absolute atomic E-state index is 11.5. The van der Waals surface area contributed by atoms with Gasteiger partial charge in [-0.3, -0.25) is 4.79 Å². The van der Waals surface area contributed by atoms with Crippen LogP contribution in [0.1, 0.15) is 59.8 Å². The van der Waals surface area contributed by atoms with Crippen LogP contribution in [0.25, 0.3) is 0 Å². The minimum absolute atomic E-state index is 0.261. The largest absolute Gasteiger partial charge is 0.370 e. The predicted molar refractivity (Wildman–Crippen MR) is 68.9 cm³/mol. The van der Waals surface area contributed by atoms with Crippen molar-refractivity contribution >= 4 is 5.78 Å². The first kappa shape index (κ1) is 13.1. The van der Waals surface area contributed by atoms with Gasteiger partial charge in [-0.15, -0.1) is 0 Å². The van der Waals surface area contributed by atoms with Crippen molar-refractivity contribution in [2.24, 2.45) is 16.7 Å². The smallest absolute Gasteiger partial charge is 0.158 e. The van der Waals surface area contributed by atoms with Crippen molar-refractivity contribution in [3.63, 3.8) is 0 Å². The standard InChI is InChI=1S/C15H26O2/c1-5-6-12(16)10-17-13-9-11-7-8-15(13,4)14(11,2)3/h11,13H,5-10H2,1-4H3. The average Bonchev–Trinajstić information content (AvgIpc) is 2.59. The van der Waals surface area contributed by atoms with Crippen LogP contribution in [0.2, 0.25) is 0 Å². The van der Waals surface area contributed by atoms with Crippen molar-refractivity contribution in [3.8, 4) is 0 Å². The van der Waals surface area contributed by atoms with Crippen molar-refractivity contribution in [2.45, 2.75) is 65.9 Å². The van der Waals surface area contributed by atoms with Crippen LogP contribution >= 0.6 is 0 Å². The molecule has 2 heteroatoms. The van der Waals surface area contributed by atoms with Crippen molar-refractivity contribution in [3.05, 3.63) is 0 Å². The SMILES string of the molecule is CCCC(=O)COC1CC2CCC1(C)C2(C)C. The molecule has 3 unspecified atom stereocenters. The van der Waals surface area contributed by atoms with Gasteiger partial charge in [0.25, 0.3) is 0 Å². The second kappa shape index (κ2) is 4.38. The summed E-state index contributed by atoms with van der Waals surface area (Å²) in [7, 11) is 0. The van der Waals surface area contributed by atoms with Crippen molar-refractivity contribution in [1.29, 1.82) is 0 Å². The van der Waals surface area contributed by atoms with E-state index in [9.17, 15) is 4.79 Å². The summed E-state index contributed by atoms with van der Waals surface area (Å²) in [4.78, 5) is 11.5. The zero-order chi connectivity index (χ0) is 12.7. The monoisotopic (exact) mass is 238 g/mol. The molecule has 0 saturated heterocycles. The molecule has 0 amide bonds. The summed E-state index contributed by atoms with van der Waals surface area (Å²) in [6.07, 6.45) is 5.65. The Morgan fingerprint density at radius 1 is 1.35 bits per heavy atom. The van der Waals surface area contributed by atoms with Crippen LogP contribution in [0.3, 0.4) is 0 Å². The Labute approximate surface area is 105 Å². The topological polar surface area (TPSA) is 26.3 Å².